The number of nitrogens with zero attached hydrogens (tertiary/aromatic N) is 1. The number of ketones is 1. The zero-order valence-corrected chi connectivity index (χ0v) is 9.95. The van der Waals surface area contributed by atoms with Gasteiger partial charge in [0.05, 0.1) is 0 Å². The number of pyridine rings is 1. The van der Waals surface area contributed by atoms with Crippen LogP contribution in [0.1, 0.15) is 28.5 Å². The third-order valence-corrected chi connectivity index (χ3v) is 2.80. The summed E-state index contributed by atoms with van der Waals surface area (Å²) >= 11 is 0. The van der Waals surface area contributed by atoms with E-state index < -0.39 is 0 Å². The summed E-state index contributed by atoms with van der Waals surface area (Å²) < 4.78 is 0. The van der Waals surface area contributed by atoms with E-state index in [9.17, 15) is 4.79 Å². The van der Waals surface area contributed by atoms with E-state index >= 15 is 0 Å². The molecule has 0 spiro atoms. The zero-order valence-electron chi connectivity index (χ0n) is 9.95. The molecule has 0 aliphatic heterocycles. The number of nitrogens with one attached hydrogen (secondary N) is 1. The fraction of sp³-hybridized carbons (Fsp3) is 0.143. The van der Waals surface area contributed by atoms with Crippen molar-refractivity contribution in [3.8, 4) is 11.3 Å². The van der Waals surface area contributed by atoms with E-state index in [1.54, 1.807) is 25.4 Å². The maximum atomic E-state index is 11.6. The maximum Gasteiger partial charge on any atom is 0.162 e. The number of hydrogen-bond donors (Lipinski definition) is 1. The lowest BCUT2D eigenvalue weighted by atomic mass is 10.0. The summed E-state index contributed by atoms with van der Waals surface area (Å²) in [6, 6.07) is 3.82. The van der Waals surface area contributed by atoms with Gasteiger partial charge in [-0.1, -0.05) is 6.58 Å². The molecule has 2 aromatic heterocycles. The van der Waals surface area contributed by atoms with Crippen LogP contribution >= 0.6 is 0 Å². The molecular weight excluding hydrogens is 212 g/mol. The highest BCUT2D eigenvalue weighted by Gasteiger charge is 2.16. The number of aromatic nitrogens is 2. The van der Waals surface area contributed by atoms with Crippen LogP contribution in [0.2, 0.25) is 0 Å². The summed E-state index contributed by atoms with van der Waals surface area (Å²) in [6.45, 7) is 7.24. The Labute approximate surface area is 100 Å². The average molecular weight is 226 g/mol. The molecule has 0 saturated heterocycles. The first-order valence-electron chi connectivity index (χ1n) is 5.41. The third-order valence-electron chi connectivity index (χ3n) is 2.80. The van der Waals surface area contributed by atoms with Crippen molar-refractivity contribution in [2.45, 2.75) is 13.8 Å². The van der Waals surface area contributed by atoms with Crippen LogP contribution < -0.4 is 0 Å². The van der Waals surface area contributed by atoms with Crippen LogP contribution in [-0.4, -0.2) is 15.8 Å². The van der Waals surface area contributed by atoms with Gasteiger partial charge in [0.25, 0.3) is 0 Å². The molecule has 3 heteroatoms. The summed E-state index contributed by atoms with van der Waals surface area (Å²) in [6.07, 6.45) is 5.14. The van der Waals surface area contributed by atoms with Gasteiger partial charge in [0, 0.05) is 34.9 Å². The molecule has 2 aromatic rings. The monoisotopic (exact) mass is 226 g/mol. The number of carbonyl (C=O) groups excluding carboxylic acids is 1. The zero-order chi connectivity index (χ0) is 12.4. The molecule has 3 nitrogen and oxygen atoms in total. The number of rotatable bonds is 3. The van der Waals surface area contributed by atoms with E-state index in [0.717, 1.165) is 22.5 Å². The summed E-state index contributed by atoms with van der Waals surface area (Å²) in [5.41, 5.74) is 4.42. The first-order chi connectivity index (χ1) is 8.15. The minimum absolute atomic E-state index is 0.0500. The molecule has 1 N–H and O–H groups in total. The Bertz CT molecular complexity index is 567. The molecule has 0 atom stereocenters. The van der Waals surface area contributed by atoms with Gasteiger partial charge in [-0.15, -0.1) is 0 Å². The Morgan fingerprint density at radius 1 is 1.41 bits per heavy atom. The van der Waals surface area contributed by atoms with E-state index in [4.69, 9.17) is 0 Å². The lowest BCUT2D eigenvalue weighted by molar-refractivity contribution is 0.101. The van der Waals surface area contributed by atoms with Gasteiger partial charge in [-0.2, -0.15) is 0 Å². The molecule has 0 bridgehead atoms. The average Bonchev–Trinajstić information content (AvgIpc) is 2.67. The van der Waals surface area contributed by atoms with E-state index in [1.807, 2.05) is 19.1 Å². The lowest BCUT2D eigenvalue weighted by Gasteiger charge is -1.99. The first kappa shape index (κ1) is 11.3. The second-order valence-electron chi connectivity index (χ2n) is 3.91. The van der Waals surface area contributed by atoms with Crippen LogP contribution in [0.3, 0.4) is 0 Å². The highest BCUT2D eigenvalue weighted by molar-refractivity contribution is 6.00. The van der Waals surface area contributed by atoms with Crippen LogP contribution in [0, 0.1) is 6.92 Å². The molecule has 0 fully saturated rings. The van der Waals surface area contributed by atoms with Gasteiger partial charge in [0.2, 0.25) is 0 Å². The number of aromatic amines is 1. The van der Waals surface area contributed by atoms with Gasteiger partial charge < -0.3 is 4.98 Å². The second-order valence-corrected chi connectivity index (χ2v) is 3.91. The fourth-order valence-electron chi connectivity index (χ4n) is 2.03. The van der Waals surface area contributed by atoms with Crippen LogP contribution in [0.25, 0.3) is 17.3 Å². The van der Waals surface area contributed by atoms with E-state index in [-0.39, 0.29) is 5.78 Å². The van der Waals surface area contributed by atoms with Gasteiger partial charge in [-0.3, -0.25) is 9.78 Å². The van der Waals surface area contributed by atoms with Crippen LogP contribution in [0.4, 0.5) is 0 Å². The van der Waals surface area contributed by atoms with Crippen molar-refractivity contribution in [1.82, 2.24) is 9.97 Å². The highest BCUT2D eigenvalue weighted by atomic mass is 16.1. The molecule has 0 amide bonds. The summed E-state index contributed by atoms with van der Waals surface area (Å²) in [5.74, 6) is 0.0500. The third kappa shape index (κ3) is 1.91. The van der Waals surface area contributed by atoms with Crippen molar-refractivity contribution in [1.29, 1.82) is 0 Å². The molecule has 17 heavy (non-hydrogen) atoms. The van der Waals surface area contributed by atoms with E-state index in [0.29, 0.717) is 5.56 Å². The standard InChI is InChI=1S/C14H14N2O/c1-4-12-13(10(3)17)9(2)14(16-12)11-5-7-15-8-6-11/h4-8,16H,1H2,2-3H3. The Morgan fingerprint density at radius 3 is 2.53 bits per heavy atom. The fourth-order valence-corrected chi connectivity index (χ4v) is 2.03. The first-order valence-corrected chi connectivity index (χ1v) is 5.41. The molecule has 0 radical (unpaired) electrons. The molecular formula is C14H14N2O. The van der Waals surface area contributed by atoms with Gasteiger partial charge in [0.15, 0.2) is 5.78 Å². The Balaban J connectivity index is 2.65. The topological polar surface area (TPSA) is 45.8 Å². The molecule has 0 unspecified atom stereocenters. The van der Waals surface area contributed by atoms with Crippen molar-refractivity contribution < 1.29 is 4.79 Å². The molecule has 2 heterocycles. The largest absolute Gasteiger partial charge is 0.354 e. The van der Waals surface area contributed by atoms with Crippen molar-refractivity contribution in [2.24, 2.45) is 0 Å². The van der Waals surface area contributed by atoms with E-state index in [1.165, 1.54) is 0 Å². The summed E-state index contributed by atoms with van der Waals surface area (Å²) in [7, 11) is 0. The quantitative estimate of drug-likeness (QED) is 0.817. The predicted octanol–water partition coefficient (Wildman–Crippen LogP) is 3.23. The number of carbonyl (C=O) groups is 1. The number of H-pyrrole nitrogens is 1. The Hall–Kier alpha value is -2.16. The lowest BCUT2D eigenvalue weighted by Crippen LogP contribution is -1.94. The molecule has 86 valence electrons. The minimum atomic E-state index is 0.0500. The number of Topliss-reactive ketones (excluding diaryl/α,β-unsaturated/α-hetero) is 1. The molecule has 2 rings (SSSR count). The minimum Gasteiger partial charge on any atom is -0.354 e. The van der Waals surface area contributed by atoms with Crippen molar-refractivity contribution in [3.63, 3.8) is 0 Å². The predicted molar refractivity (Wildman–Crippen MR) is 68.9 cm³/mol. The van der Waals surface area contributed by atoms with Gasteiger partial charge in [-0.05, 0) is 37.6 Å². The van der Waals surface area contributed by atoms with Crippen molar-refractivity contribution in [3.05, 3.63) is 47.9 Å². The highest BCUT2D eigenvalue weighted by Crippen LogP contribution is 2.28. The van der Waals surface area contributed by atoms with Gasteiger partial charge in [-0.25, -0.2) is 0 Å². The molecule has 0 aliphatic carbocycles. The molecule has 0 aliphatic rings. The maximum absolute atomic E-state index is 11.6. The Kier molecular flexibility index (Phi) is 2.91. The summed E-state index contributed by atoms with van der Waals surface area (Å²) in [5, 5.41) is 0. The number of hydrogen-bond acceptors (Lipinski definition) is 2. The smallest absolute Gasteiger partial charge is 0.162 e. The van der Waals surface area contributed by atoms with Crippen LogP contribution in [0.15, 0.2) is 31.1 Å². The van der Waals surface area contributed by atoms with Crippen LogP contribution in [0.5, 0.6) is 0 Å². The van der Waals surface area contributed by atoms with E-state index in [2.05, 4.69) is 16.5 Å². The van der Waals surface area contributed by atoms with Crippen molar-refractivity contribution in [2.75, 3.05) is 0 Å². The van der Waals surface area contributed by atoms with Gasteiger partial charge >= 0.3 is 0 Å². The van der Waals surface area contributed by atoms with Gasteiger partial charge in [0.1, 0.15) is 0 Å². The van der Waals surface area contributed by atoms with Crippen LogP contribution in [-0.2, 0) is 0 Å². The molecule has 0 saturated carbocycles. The Morgan fingerprint density at radius 2 is 2.06 bits per heavy atom. The summed E-state index contributed by atoms with van der Waals surface area (Å²) in [4.78, 5) is 18.8. The normalized spacial score (nSPS) is 10.2. The van der Waals surface area contributed by atoms with Crippen molar-refractivity contribution >= 4 is 11.9 Å². The second kappa shape index (κ2) is 4.37. The molecule has 0 aromatic carbocycles. The SMILES string of the molecule is C=Cc1[nH]c(-c2ccncc2)c(C)c1C(C)=O.